The predicted octanol–water partition coefficient (Wildman–Crippen LogP) is 1.96. The summed E-state index contributed by atoms with van der Waals surface area (Å²) in [6.45, 7) is 2.77. The van der Waals surface area contributed by atoms with Crippen LogP contribution in [-0.2, 0) is 11.8 Å². The van der Waals surface area contributed by atoms with Crippen LogP contribution in [0.4, 0.5) is 0 Å². The minimum atomic E-state index is -0.285. The maximum absolute atomic E-state index is 12.9. The molecule has 2 amide bonds. The molecule has 3 heterocycles. The molecule has 1 aliphatic rings. The third kappa shape index (κ3) is 3.13. The zero-order valence-corrected chi connectivity index (χ0v) is 16.1. The van der Waals surface area contributed by atoms with E-state index in [9.17, 15) is 9.59 Å². The van der Waals surface area contributed by atoms with E-state index in [1.165, 1.54) is 16.1 Å². The highest BCUT2D eigenvalue weighted by atomic mass is 35.5. The number of aryl methyl sites for hydroxylation is 2. The van der Waals surface area contributed by atoms with Crippen molar-refractivity contribution in [1.82, 2.24) is 35.2 Å². The highest BCUT2D eigenvalue weighted by Gasteiger charge is 2.30. The molecule has 9 nitrogen and oxygen atoms in total. The van der Waals surface area contributed by atoms with E-state index >= 15 is 0 Å². The number of rotatable bonds is 3. The van der Waals surface area contributed by atoms with E-state index in [1.807, 2.05) is 6.92 Å². The summed E-state index contributed by atoms with van der Waals surface area (Å²) < 4.78 is 1.55. The maximum Gasteiger partial charge on any atom is 0.272 e. The average Bonchev–Trinajstić information content (AvgIpc) is 3.39. The number of benzene rings is 1. The van der Waals surface area contributed by atoms with Crippen molar-refractivity contribution < 1.29 is 9.59 Å². The predicted molar refractivity (Wildman–Crippen MR) is 103 cm³/mol. The van der Waals surface area contributed by atoms with Gasteiger partial charge >= 0.3 is 0 Å². The number of carbonyl (C=O) groups excluding carboxylic acids is 2. The Kier molecular flexibility index (Phi) is 4.60. The van der Waals surface area contributed by atoms with Gasteiger partial charge in [0.2, 0.25) is 0 Å². The fourth-order valence-electron chi connectivity index (χ4n) is 3.25. The summed E-state index contributed by atoms with van der Waals surface area (Å²) in [5.41, 5.74) is 3.15. The number of carbonyl (C=O) groups is 2. The number of halogens is 1. The van der Waals surface area contributed by atoms with Gasteiger partial charge in [0.1, 0.15) is 16.2 Å². The van der Waals surface area contributed by atoms with Crippen molar-refractivity contribution in [2.24, 2.45) is 7.05 Å². The molecule has 3 aromatic rings. The van der Waals surface area contributed by atoms with Gasteiger partial charge in [-0.25, -0.2) is 10.0 Å². The largest absolute Gasteiger partial charge is 0.272 e. The van der Waals surface area contributed by atoms with Crippen molar-refractivity contribution in [2.45, 2.75) is 13.3 Å². The molecule has 0 spiro atoms. The van der Waals surface area contributed by atoms with Gasteiger partial charge in [-0.3, -0.25) is 14.3 Å². The summed E-state index contributed by atoms with van der Waals surface area (Å²) in [4.78, 5) is 25.6. The molecule has 0 unspecified atom stereocenters. The molecule has 28 heavy (non-hydrogen) atoms. The standard InChI is InChI=1S/C18H18ClN7O2/c1-11-13(17(19)24(2)22-11)5-7-16(27)25-8-3-9-26(25)18(28)12-4-6-14-15(10-12)21-23-20-14/h4-7,10H,3,8-9H2,1-2H3,(H,20,21,23)/b7-5+. The molecule has 4 rings (SSSR count). The van der Waals surface area contributed by atoms with Crippen molar-refractivity contribution >= 4 is 40.5 Å². The Morgan fingerprint density at radius 2 is 1.93 bits per heavy atom. The number of nitrogens with zero attached hydrogens (tertiary/aromatic N) is 6. The summed E-state index contributed by atoms with van der Waals surface area (Å²) in [6.07, 6.45) is 3.77. The second-order valence-electron chi connectivity index (χ2n) is 6.52. The molecule has 0 radical (unpaired) electrons. The van der Waals surface area contributed by atoms with Gasteiger partial charge in [0.05, 0.1) is 5.69 Å². The zero-order valence-electron chi connectivity index (χ0n) is 15.4. The quantitative estimate of drug-likeness (QED) is 0.678. The monoisotopic (exact) mass is 399 g/mol. The first kappa shape index (κ1) is 18.2. The van der Waals surface area contributed by atoms with Gasteiger partial charge in [-0.2, -0.15) is 20.5 Å². The third-order valence-corrected chi connectivity index (χ3v) is 5.12. The molecule has 0 atom stereocenters. The van der Waals surface area contributed by atoms with Gasteiger partial charge in [-0.15, -0.1) is 0 Å². The number of aromatic amines is 1. The summed E-state index contributed by atoms with van der Waals surface area (Å²) in [5, 5.41) is 18.1. The summed E-state index contributed by atoms with van der Waals surface area (Å²) >= 11 is 6.20. The molecule has 10 heteroatoms. The molecule has 1 aliphatic heterocycles. The van der Waals surface area contributed by atoms with Crippen LogP contribution in [0.25, 0.3) is 17.1 Å². The van der Waals surface area contributed by atoms with Crippen LogP contribution in [-0.4, -0.2) is 60.1 Å². The van der Waals surface area contributed by atoms with Crippen molar-refractivity contribution in [1.29, 1.82) is 0 Å². The Morgan fingerprint density at radius 3 is 2.68 bits per heavy atom. The van der Waals surface area contributed by atoms with E-state index in [0.29, 0.717) is 46.8 Å². The summed E-state index contributed by atoms with van der Waals surface area (Å²) in [7, 11) is 1.74. The van der Waals surface area contributed by atoms with Crippen molar-refractivity contribution in [2.75, 3.05) is 13.1 Å². The molecular weight excluding hydrogens is 382 g/mol. The van der Waals surface area contributed by atoms with Gasteiger partial charge < -0.3 is 0 Å². The molecule has 144 valence electrons. The Labute approximate surface area is 165 Å². The Balaban J connectivity index is 1.54. The topological polar surface area (TPSA) is 100 Å². The van der Waals surface area contributed by atoms with E-state index in [2.05, 4.69) is 20.5 Å². The second kappa shape index (κ2) is 7.08. The normalized spacial score (nSPS) is 14.5. The van der Waals surface area contributed by atoms with Crippen LogP contribution in [0.5, 0.6) is 0 Å². The summed E-state index contributed by atoms with van der Waals surface area (Å²) in [5.74, 6) is -0.535. The lowest BCUT2D eigenvalue weighted by Crippen LogP contribution is -2.44. The minimum absolute atomic E-state index is 0.250. The van der Waals surface area contributed by atoms with Crippen molar-refractivity contribution in [3.05, 3.63) is 46.2 Å². The smallest absolute Gasteiger partial charge is 0.268 e. The van der Waals surface area contributed by atoms with Gasteiger partial charge in [0.25, 0.3) is 11.8 Å². The van der Waals surface area contributed by atoms with Crippen LogP contribution in [0, 0.1) is 6.92 Å². The number of fused-ring (bicyclic) bond motifs is 1. The number of aromatic nitrogens is 5. The Bertz CT molecular complexity index is 1100. The lowest BCUT2D eigenvalue weighted by molar-refractivity contribution is -0.134. The highest BCUT2D eigenvalue weighted by molar-refractivity contribution is 6.31. The van der Waals surface area contributed by atoms with Crippen LogP contribution in [0.1, 0.15) is 28.0 Å². The molecular formula is C18H18ClN7O2. The van der Waals surface area contributed by atoms with Crippen molar-refractivity contribution in [3.63, 3.8) is 0 Å². The van der Waals surface area contributed by atoms with E-state index in [-0.39, 0.29) is 11.8 Å². The van der Waals surface area contributed by atoms with E-state index in [4.69, 9.17) is 11.6 Å². The first-order chi connectivity index (χ1) is 13.5. The number of nitrogens with one attached hydrogen (secondary N) is 1. The van der Waals surface area contributed by atoms with Gasteiger partial charge in [0.15, 0.2) is 0 Å². The number of hydrazine groups is 1. The molecule has 2 aromatic heterocycles. The molecule has 0 bridgehead atoms. The molecule has 0 saturated carbocycles. The van der Waals surface area contributed by atoms with E-state index in [0.717, 1.165) is 5.69 Å². The summed E-state index contributed by atoms with van der Waals surface area (Å²) in [6, 6.07) is 5.07. The highest BCUT2D eigenvalue weighted by Crippen LogP contribution is 2.21. The first-order valence-corrected chi connectivity index (χ1v) is 9.14. The van der Waals surface area contributed by atoms with Crippen molar-refractivity contribution in [3.8, 4) is 0 Å². The average molecular weight is 400 g/mol. The van der Waals surface area contributed by atoms with Crippen LogP contribution >= 0.6 is 11.6 Å². The van der Waals surface area contributed by atoms with Gasteiger partial charge in [-0.1, -0.05) is 11.6 Å². The van der Waals surface area contributed by atoms with E-state index < -0.39 is 0 Å². The fraction of sp³-hybridized carbons (Fsp3) is 0.278. The lowest BCUT2D eigenvalue weighted by Gasteiger charge is -2.27. The molecule has 0 aliphatic carbocycles. The first-order valence-electron chi connectivity index (χ1n) is 8.76. The third-order valence-electron chi connectivity index (χ3n) is 4.67. The van der Waals surface area contributed by atoms with E-state index in [1.54, 1.807) is 36.0 Å². The molecule has 1 N–H and O–H groups in total. The van der Waals surface area contributed by atoms with Crippen LogP contribution in [0.2, 0.25) is 5.15 Å². The number of hydrogen-bond donors (Lipinski definition) is 1. The van der Waals surface area contributed by atoms with Crippen LogP contribution in [0.15, 0.2) is 24.3 Å². The van der Waals surface area contributed by atoms with Gasteiger partial charge in [0, 0.05) is 37.3 Å². The molecule has 1 aromatic carbocycles. The fourth-order valence-corrected chi connectivity index (χ4v) is 3.49. The maximum atomic E-state index is 12.9. The number of H-pyrrole nitrogens is 1. The van der Waals surface area contributed by atoms with Crippen LogP contribution in [0.3, 0.4) is 0 Å². The minimum Gasteiger partial charge on any atom is -0.268 e. The lowest BCUT2D eigenvalue weighted by atomic mass is 10.2. The zero-order chi connectivity index (χ0) is 19.8. The molecule has 1 saturated heterocycles. The SMILES string of the molecule is Cc1nn(C)c(Cl)c1/C=C/C(=O)N1CCCN1C(=O)c1ccc2n[nH]nc2c1. The van der Waals surface area contributed by atoms with Gasteiger partial charge in [-0.05, 0) is 37.6 Å². The number of amides is 2. The van der Waals surface area contributed by atoms with Crippen LogP contribution < -0.4 is 0 Å². The molecule has 1 fully saturated rings. The Hall–Kier alpha value is -3.20. The second-order valence-corrected chi connectivity index (χ2v) is 6.88. The Morgan fingerprint density at radius 1 is 1.18 bits per heavy atom. The number of hydrogen-bond acceptors (Lipinski definition) is 5.